The van der Waals surface area contributed by atoms with Crippen LogP contribution in [0.2, 0.25) is 0 Å². The zero-order valence-electron chi connectivity index (χ0n) is 54.0. The summed E-state index contributed by atoms with van der Waals surface area (Å²) in [6, 6.07) is 0. The van der Waals surface area contributed by atoms with E-state index in [0.717, 1.165) is 44.9 Å². The summed E-state index contributed by atoms with van der Waals surface area (Å²) in [5.41, 5.74) is 0. The number of allylic oxidation sites excluding steroid dienone is 4. The molecule has 9 nitrogen and oxygen atoms in total. The van der Waals surface area contributed by atoms with Gasteiger partial charge in [0.05, 0.1) is 40.3 Å². The van der Waals surface area contributed by atoms with Crippen LogP contribution in [0.4, 0.5) is 0 Å². The molecule has 0 rings (SSSR count). The quantitative estimate of drug-likeness (QED) is 0.0195. The minimum absolute atomic E-state index is 0.152. The van der Waals surface area contributed by atoms with Crippen LogP contribution in [0.25, 0.3) is 0 Å². The number of quaternary nitrogens is 1. The maximum atomic E-state index is 12.9. The van der Waals surface area contributed by atoms with Gasteiger partial charge >= 0.3 is 11.9 Å². The minimum Gasteiger partial charge on any atom is -0.545 e. The Morgan fingerprint density at radius 3 is 0.988 bits per heavy atom. The van der Waals surface area contributed by atoms with Crippen LogP contribution in [0.3, 0.4) is 0 Å². The molecule has 0 spiro atoms. The van der Waals surface area contributed by atoms with E-state index in [1.54, 1.807) is 0 Å². The van der Waals surface area contributed by atoms with E-state index in [1.165, 1.54) is 283 Å². The molecule has 2 atom stereocenters. The fourth-order valence-electron chi connectivity index (χ4n) is 10.6. The molecule has 0 radical (unpaired) electrons. The Bertz CT molecular complexity index is 1360. The maximum absolute atomic E-state index is 12.9. The Balaban J connectivity index is 4.06. The molecule has 80 heavy (non-hydrogen) atoms. The lowest BCUT2D eigenvalue weighted by Crippen LogP contribution is -2.44. The van der Waals surface area contributed by atoms with Crippen molar-refractivity contribution in [3.8, 4) is 0 Å². The van der Waals surface area contributed by atoms with Gasteiger partial charge in [0.2, 0.25) is 0 Å². The summed E-state index contributed by atoms with van der Waals surface area (Å²) in [7, 11) is 5.94. The van der Waals surface area contributed by atoms with Gasteiger partial charge in [-0.25, -0.2) is 0 Å². The topological polar surface area (TPSA) is 111 Å². The summed E-state index contributed by atoms with van der Waals surface area (Å²) in [5.74, 6) is -2.25. The van der Waals surface area contributed by atoms with Gasteiger partial charge in [-0.05, 0) is 44.9 Å². The molecule has 0 aromatic rings. The highest BCUT2D eigenvalue weighted by Crippen LogP contribution is 2.19. The Morgan fingerprint density at radius 2 is 0.675 bits per heavy atom. The van der Waals surface area contributed by atoms with Gasteiger partial charge in [0.15, 0.2) is 12.4 Å². The monoisotopic (exact) mass is 1130 g/mol. The number of likely N-dealkylation sites (N-methyl/N-ethyl adjacent to an activating group) is 1. The number of rotatable bonds is 66. The lowest BCUT2D eigenvalue weighted by Gasteiger charge is -2.26. The van der Waals surface area contributed by atoms with Gasteiger partial charge < -0.3 is 33.3 Å². The molecule has 0 aromatic carbocycles. The van der Waals surface area contributed by atoms with Gasteiger partial charge in [0.25, 0.3) is 0 Å². The summed E-state index contributed by atoms with van der Waals surface area (Å²) in [6.07, 6.45) is 74.0. The Kier molecular flexibility index (Phi) is 61.1. The first-order valence-electron chi connectivity index (χ1n) is 35.0. The highest BCUT2D eigenvalue weighted by Gasteiger charge is 2.22. The van der Waals surface area contributed by atoms with Gasteiger partial charge in [-0.2, -0.15) is 0 Å². The minimum atomic E-state index is -1.62. The molecule has 2 unspecified atom stereocenters. The molecule has 0 aromatic heterocycles. The van der Waals surface area contributed by atoms with Crippen LogP contribution in [-0.2, 0) is 33.3 Å². The van der Waals surface area contributed by atoms with Crippen molar-refractivity contribution >= 4 is 17.9 Å². The number of hydrogen-bond acceptors (Lipinski definition) is 8. The van der Waals surface area contributed by atoms with Crippen LogP contribution in [-0.4, -0.2) is 82.3 Å². The molecule has 9 heteroatoms. The Hall–Kier alpha value is -2.23. The maximum Gasteiger partial charge on any atom is 0.306 e. The molecule has 472 valence electrons. The summed E-state index contributed by atoms with van der Waals surface area (Å²) >= 11 is 0. The van der Waals surface area contributed by atoms with Gasteiger partial charge in [-0.3, -0.25) is 9.59 Å². The number of carbonyl (C=O) groups excluding carboxylic acids is 3. The van der Waals surface area contributed by atoms with Crippen molar-refractivity contribution in [2.24, 2.45) is 0 Å². The van der Waals surface area contributed by atoms with Crippen molar-refractivity contribution < 1.29 is 42.9 Å². The fraction of sp³-hybridized carbons (Fsp3) is 0.901. The molecule has 0 amide bonds. The number of carbonyl (C=O) groups is 3. The van der Waals surface area contributed by atoms with Gasteiger partial charge in [0, 0.05) is 12.8 Å². The van der Waals surface area contributed by atoms with E-state index in [1.807, 2.05) is 21.1 Å². The van der Waals surface area contributed by atoms with Crippen LogP contribution in [0.15, 0.2) is 24.3 Å². The van der Waals surface area contributed by atoms with Gasteiger partial charge in [0.1, 0.15) is 13.2 Å². The fourth-order valence-corrected chi connectivity index (χ4v) is 10.6. The smallest absolute Gasteiger partial charge is 0.306 e. The van der Waals surface area contributed by atoms with Gasteiger partial charge in [-0.15, -0.1) is 0 Å². The first-order valence-corrected chi connectivity index (χ1v) is 35.0. The normalized spacial score (nSPS) is 12.8. The zero-order valence-corrected chi connectivity index (χ0v) is 54.0. The van der Waals surface area contributed by atoms with Crippen LogP contribution in [0, 0.1) is 0 Å². The second-order valence-electron chi connectivity index (χ2n) is 25.2. The largest absolute Gasteiger partial charge is 0.545 e. The third-order valence-corrected chi connectivity index (χ3v) is 16.0. The van der Waals surface area contributed by atoms with E-state index in [9.17, 15) is 19.5 Å². The standard InChI is InChI=1S/C71H135NO8/c1-6-8-10-12-14-16-18-20-22-24-26-28-30-32-33-34-35-36-37-38-40-42-44-46-48-50-52-54-56-58-60-62-69(74)80-67(66-79-71(70(75)76)77-64-63-72(3,4)5)65-78-68(73)61-59-57-55-53-51-49-47-45-43-41-39-31-29-27-25-23-21-19-17-15-13-11-9-7-2/h18,20,24,26,67,71H,6-17,19,21-23,25,27-66H2,1-5H3/b20-18-,26-24-. The third kappa shape index (κ3) is 63.4. The molecule has 0 heterocycles. The second-order valence-corrected chi connectivity index (χ2v) is 25.2. The highest BCUT2D eigenvalue weighted by atomic mass is 16.7. The molecular formula is C71H135NO8. The van der Waals surface area contributed by atoms with Crippen molar-refractivity contribution in [3.05, 3.63) is 24.3 Å². The SMILES string of the molecule is CCCCCCC/C=C\C/C=C\CCCCCCCCCCCCCCCCCCCCCC(=O)OC(COC(=O)CCCCCCCCCCCCCCCCCCCCCCCCCC)COC(OCC[N+](C)(C)C)C(=O)[O-]. The number of carboxylic acid groups (broad SMARTS) is 1. The summed E-state index contributed by atoms with van der Waals surface area (Å²) in [5, 5.41) is 11.8. The molecule has 0 aliphatic heterocycles. The number of unbranched alkanes of at least 4 members (excludes halogenated alkanes) is 47. The summed E-state index contributed by atoms with van der Waals surface area (Å²) in [4.78, 5) is 37.5. The van der Waals surface area contributed by atoms with Crippen LogP contribution in [0.1, 0.15) is 354 Å². The molecule has 0 saturated carbocycles. The first kappa shape index (κ1) is 77.8. The molecule has 0 aliphatic rings. The number of ether oxygens (including phenoxy) is 4. The highest BCUT2D eigenvalue weighted by molar-refractivity contribution is 5.70. The van der Waals surface area contributed by atoms with Crippen molar-refractivity contribution in [1.82, 2.24) is 0 Å². The van der Waals surface area contributed by atoms with E-state index < -0.39 is 24.3 Å². The predicted octanol–water partition coefficient (Wildman–Crippen LogP) is 20.1. The number of hydrogen-bond donors (Lipinski definition) is 0. The Labute approximate surface area is 497 Å². The lowest BCUT2D eigenvalue weighted by molar-refractivity contribution is -0.870. The molecule has 0 bridgehead atoms. The van der Waals surface area contributed by atoms with E-state index in [-0.39, 0.29) is 32.2 Å². The van der Waals surface area contributed by atoms with E-state index in [4.69, 9.17) is 18.9 Å². The lowest BCUT2D eigenvalue weighted by atomic mass is 10.0. The van der Waals surface area contributed by atoms with Crippen LogP contribution < -0.4 is 5.11 Å². The number of esters is 2. The number of nitrogens with zero attached hydrogens (tertiary/aromatic N) is 1. The van der Waals surface area contributed by atoms with E-state index >= 15 is 0 Å². The number of aliphatic carboxylic acids is 1. The van der Waals surface area contributed by atoms with E-state index in [2.05, 4.69) is 38.2 Å². The summed E-state index contributed by atoms with van der Waals surface area (Å²) < 4.78 is 22.8. The molecule has 0 saturated heterocycles. The van der Waals surface area contributed by atoms with E-state index in [0.29, 0.717) is 17.4 Å². The Morgan fingerprint density at radius 1 is 0.375 bits per heavy atom. The first-order chi connectivity index (χ1) is 39.1. The molecular weight excluding hydrogens is 995 g/mol. The summed E-state index contributed by atoms with van der Waals surface area (Å²) in [6.45, 7) is 4.81. The predicted molar refractivity (Wildman–Crippen MR) is 339 cm³/mol. The van der Waals surface area contributed by atoms with Gasteiger partial charge in [-0.1, -0.05) is 321 Å². The second kappa shape index (κ2) is 62.8. The van der Waals surface area contributed by atoms with Crippen LogP contribution >= 0.6 is 0 Å². The molecule has 0 N–H and O–H groups in total. The zero-order chi connectivity index (χ0) is 58.3. The van der Waals surface area contributed by atoms with Crippen LogP contribution in [0.5, 0.6) is 0 Å². The average molecular weight is 1130 g/mol. The molecule has 0 aliphatic carbocycles. The molecule has 0 fully saturated rings. The van der Waals surface area contributed by atoms with Crippen molar-refractivity contribution in [2.75, 3.05) is 47.5 Å². The van der Waals surface area contributed by atoms with Crippen molar-refractivity contribution in [1.29, 1.82) is 0 Å². The number of carboxylic acids is 1. The van der Waals surface area contributed by atoms with Crippen molar-refractivity contribution in [3.63, 3.8) is 0 Å². The third-order valence-electron chi connectivity index (χ3n) is 16.0. The van der Waals surface area contributed by atoms with Crippen molar-refractivity contribution in [2.45, 2.75) is 367 Å². The average Bonchev–Trinajstić information content (AvgIpc) is 3.43.